The molecule has 5 rings (SSSR count). The van der Waals surface area contributed by atoms with Gasteiger partial charge in [0.1, 0.15) is 17.3 Å². The lowest BCUT2D eigenvalue weighted by Gasteiger charge is -2.44. The van der Waals surface area contributed by atoms with E-state index in [9.17, 15) is 18.8 Å². The van der Waals surface area contributed by atoms with Crippen molar-refractivity contribution in [2.75, 3.05) is 53.5 Å². The van der Waals surface area contributed by atoms with E-state index in [0.717, 1.165) is 0 Å². The summed E-state index contributed by atoms with van der Waals surface area (Å²) >= 11 is 0. The number of carbonyl (C=O) groups excluding carboxylic acids is 3. The maximum absolute atomic E-state index is 15.0. The van der Waals surface area contributed by atoms with E-state index >= 15 is 0 Å². The van der Waals surface area contributed by atoms with E-state index in [2.05, 4.69) is 10.2 Å². The standard InChI is InChI=1S/C33H36FN3O5/c1-21-26(11-6-12-29(21)34)30-27(31(38)22-7-4-9-24(17-22)41-2)19-36(15-16-37-14-13-35-33(37)40)20-28(30)32(39)23-8-5-10-25(18-23)42-3/h4-12,17-18,27-28,30H,13-16,19-20H2,1-3H3,(H,35,40)/t27-,28-/m0/s1. The molecule has 2 aliphatic heterocycles. The average Bonchev–Trinajstić information content (AvgIpc) is 3.44. The number of methoxy groups -OCH3 is 2. The predicted molar refractivity (Wildman–Crippen MR) is 157 cm³/mol. The lowest BCUT2D eigenvalue weighted by atomic mass is 9.67. The Bertz CT molecular complexity index is 1410. The summed E-state index contributed by atoms with van der Waals surface area (Å²) in [5, 5.41) is 2.82. The van der Waals surface area contributed by atoms with Crippen molar-refractivity contribution in [1.29, 1.82) is 0 Å². The molecule has 0 radical (unpaired) electrons. The van der Waals surface area contributed by atoms with Gasteiger partial charge in [-0.05, 0) is 48.4 Å². The van der Waals surface area contributed by atoms with Crippen molar-refractivity contribution in [2.45, 2.75) is 12.8 Å². The number of Topliss-reactive ketones (excluding diaryl/α,β-unsaturated/α-hetero) is 2. The van der Waals surface area contributed by atoms with Gasteiger partial charge in [-0.2, -0.15) is 0 Å². The van der Waals surface area contributed by atoms with E-state index in [4.69, 9.17) is 9.47 Å². The van der Waals surface area contributed by atoms with Crippen molar-refractivity contribution in [3.8, 4) is 11.5 Å². The minimum absolute atomic E-state index is 0.117. The van der Waals surface area contributed by atoms with Gasteiger partial charge in [-0.1, -0.05) is 36.4 Å². The van der Waals surface area contributed by atoms with Crippen LogP contribution in [-0.4, -0.2) is 80.9 Å². The van der Waals surface area contributed by atoms with Crippen LogP contribution in [0.3, 0.4) is 0 Å². The number of hydrogen-bond donors (Lipinski definition) is 1. The number of ether oxygens (including phenoxy) is 2. The van der Waals surface area contributed by atoms with Gasteiger partial charge >= 0.3 is 6.03 Å². The fraction of sp³-hybridized carbons (Fsp3) is 0.364. The number of amides is 2. The van der Waals surface area contributed by atoms with E-state index in [1.54, 1.807) is 80.6 Å². The Labute approximate surface area is 245 Å². The zero-order chi connectivity index (χ0) is 29.8. The number of urea groups is 1. The van der Waals surface area contributed by atoms with Crippen molar-refractivity contribution in [3.63, 3.8) is 0 Å². The molecule has 3 aromatic carbocycles. The molecule has 2 saturated heterocycles. The highest BCUT2D eigenvalue weighted by Gasteiger charge is 2.45. The van der Waals surface area contributed by atoms with Gasteiger partial charge in [0.15, 0.2) is 11.6 Å². The fourth-order valence-corrected chi connectivity index (χ4v) is 6.20. The maximum atomic E-state index is 15.0. The van der Waals surface area contributed by atoms with Crippen LogP contribution >= 0.6 is 0 Å². The van der Waals surface area contributed by atoms with Crippen LogP contribution in [0.5, 0.6) is 11.5 Å². The predicted octanol–water partition coefficient (Wildman–Crippen LogP) is 4.57. The topological polar surface area (TPSA) is 88.2 Å². The lowest BCUT2D eigenvalue weighted by Crippen LogP contribution is -2.52. The number of benzene rings is 3. The molecule has 2 aliphatic rings. The summed E-state index contributed by atoms with van der Waals surface area (Å²) in [6.45, 7) is 4.57. The van der Waals surface area contributed by atoms with E-state index < -0.39 is 17.8 Å². The van der Waals surface area contributed by atoms with Crippen LogP contribution in [0.4, 0.5) is 9.18 Å². The monoisotopic (exact) mass is 573 g/mol. The molecule has 0 unspecified atom stereocenters. The van der Waals surface area contributed by atoms with Gasteiger partial charge in [0.25, 0.3) is 0 Å². The normalized spacial score (nSPS) is 19.4. The molecule has 0 aromatic heterocycles. The molecule has 0 aliphatic carbocycles. The summed E-state index contributed by atoms with van der Waals surface area (Å²) < 4.78 is 25.7. The Hall–Kier alpha value is -4.24. The second-order valence-electron chi connectivity index (χ2n) is 10.9. The van der Waals surface area contributed by atoms with Crippen molar-refractivity contribution in [3.05, 3.63) is 94.8 Å². The SMILES string of the molecule is COc1cccc(C(=O)[C@H]2CN(CCN3CCNC3=O)C[C@H](C(=O)c3cccc(OC)c3)C2c2cccc(F)c2C)c1. The third-order valence-corrected chi connectivity index (χ3v) is 8.46. The largest absolute Gasteiger partial charge is 0.497 e. The summed E-state index contributed by atoms with van der Waals surface area (Å²) in [7, 11) is 3.09. The molecule has 0 spiro atoms. The summed E-state index contributed by atoms with van der Waals surface area (Å²) in [6.07, 6.45) is 0. The van der Waals surface area contributed by atoms with Gasteiger partial charge < -0.3 is 24.6 Å². The zero-order valence-corrected chi connectivity index (χ0v) is 24.1. The van der Waals surface area contributed by atoms with E-state index in [1.807, 2.05) is 6.07 Å². The minimum Gasteiger partial charge on any atom is -0.497 e. The molecule has 220 valence electrons. The van der Waals surface area contributed by atoms with Crippen LogP contribution in [0.2, 0.25) is 0 Å². The number of halogens is 1. The molecule has 3 aromatic rings. The third kappa shape index (κ3) is 6.01. The number of piperidine rings is 1. The fourth-order valence-electron chi connectivity index (χ4n) is 6.20. The number of nitrogens with one attached hydrogen (secondary N) is 1. The Morgan fingerprint density at radius 2 is 1.45 bits per heavy atom. The van der Waals surface area contributed by atoms with Crippen LogP contribution in [-0.2, 0) is 0 Å². The molecule has 0 saturated carbocycles. The minimum atomic E-state index is -0.654. The Balaban J connectivity index is 1.59. The van der Waals surface area contributed by atoms with Gasteiger partial charge in [0, 0.05) is 68.1 Å². The second-order valence-corrected chi connectivity index (χ2v) is 10.9. The Morgan fingerprint density at radius 1 is 0.881 bits per heavy atom. The average molecular weight is 574 g/mol. The highest BCUT2D eigenvalue weighted by Crippen LogP contribution is 2.42. The molecular weight excluding hydrogens is 537 g/mol. The van der Waals surface area contributed by atoms with Gasteiger partial charge in [-0.15, -0.1) is 0 Å². The van der Waals surface area contributed by atoms with Gasteiger partial charge in [0.2, 0.25) is 0 Å². The maximum Gasteiger partial charge on any atom is 0.317 e. The zero-order valence-electron chi connectivity index (χ0n) is 24.1. The van der Waals surface area contributed by atoms with Crippen molar-refractivity contribution >= 4 is 17.6 Å². The second kappa shape index (κ2) is 12.7. The number of hydrogen-bond acceptors (Lipinski definition) is 6. The Kier molecular flexibility index (Phi) is 8.87. The first-order valence-corrected chi connectivity index (χ1v) is 14.2. The Morgan fingerprint density at radius 3 is 1.98 bits per heavy atom. The van der Waals surface area contributed by atoms with Crippen LogP contribution in [0, 0.1) is 24.6 Å². The summed E-state index contributed by atoms with van der Waals surface area (Å²) in [6, 6.07) is 18.7. The first kappa shape index (κ1) is 29.3. The molecule has 0 bridgehead atoms. The van der Waals surface area contributed by atoms with Crippen molar-refractivity contribution in [1.82, 2.24) is 15.1 Å². The molecule has 8 nitrogen and oxygen atoms in total. The third-order valence-electron chi connectivity index (χ3n) is 8.46. The van der Waals surface area contributed by atoms with Crippen LogP contribution < -0.4 is 14.8 Å². The van der Waals surface area contributed by atoms with E-state index in [0.29, 0.717) is 73.0 Å². The summed E-state index contributed by atoms with van der Waals surface area (Å²) in [5.41, 5.74) is 2.01. The first-order chi connectivity index (χ1) is 20.3. The number of carbonyl (C=O) groups is 3. The van der Waals surface area contributed by atoms with Gasteiger partial charge in [-0.3, -0.25) is 9.59 Å². The summed E-state index contributed by atoms with van der Waals surface area (Å²) in [4.78, 5) is 44.7. The molecule has 1 N–H and O–H groups in total. The number of rotatable bonds is 10. The number of likely N-dealkylation sites (tertiary alicyclic amines) is 1. The molecule has 2 amide bonds. The number of ketones is 2. The first-order valence-electron chi connectivity index (χ1n) is 14.2. The summed E-state index contributed by atoms with van der Waals surface area (Å²) in [5.74, 6) is -1.45. The molecule has 2 heterocycles. The number of nitrogens with zero attached hydrogens (tertiary/aromatic N) is 2. The molecule has 9 heteroatoms. The molecular formula is C33H36FN3O5. The van der Waals surface area contributed by atoms with Crippen LogP contribution in [0.15, 0.2) is 66.7 Å². The molecule has 2 fully saturated rings. The van der Waals surface area contributed by atoms with Crippen LogP contribution in [0.25, 0.3) is 0 Å². The quantitative estimate of drug-likeness (QED) is 0.358. The van der Waals surface area contributed by atoms with Gasteiger partial charge in [0.05, 0.1) is 14.2 Å². The van der Waals surface area contributed by atoms with Crippen molar-refractivity contribution in [2.24, 2.45) is 11.8 Å². The smallest absolute Gasteiger partial charge is 0.317 e. The van der Waals surface area contributed by atoms with Crippen molar-refractivity contribution < 1.29 is 28.2 Å². The van der Waals surface area contributed by atoms with E-state index in [1.165, 1.54) is 6.07 Å². The van der Waals surface area contributed by atoms with Crippen LogP contribution in [0.1, 0.15) is 37.8 Å². The highest BCUT2D eigenvalue weighted by atomic mass is 19.1. The lowest BCUT2D eigenvalue weighted by molar-refractivity contribution is 0.0557. The van der Waals surface area contributed by atoms with Gasteiger partial charge in [-0.25, -0.2) is 9.18 Å². The van der Waals surface area contributed by atoms with E-state index in [-0.39, 0.29) is 23.4 Å². The highest BCUT2D eigenvalue weighted by molar-refractivity contribution is 6.02. The molecule has 42 heavy (non-hydrogen) atoms. The molecule has 2 atom stereocenters.